The number of aliphatic carboxylic acids is 1. The highest BCUT2D eigenvalue weighted by atomic mass is 16.4. The maximum absolute atomic E-state index is 12.3. The molecule has 1 aromatic heterocycles. The van der Waals surface area contributed by atoms with Crippen molar-refractivity contribution in [2.24, 2.45) is 0 Å². The van der Waals surface area contributed by atoms with Crippen LogP contribution in [0.25, 0.3) is 5.69 Å². The highest BCUT2D eigenvalue weighted by Gasteiger charge is 2.19. The summed E-state index contributed by atoms with van der Waals surface area (Å²) in [6.07, 6.45) is 4.49. The van der Waals surface area contributed by atoms with E-state index in [1.54, 1.807) is 10.9 Å². The van der Waals surface area contributed by atoms with Crippen molar-refractivity contribution in [3.63, 3.8) is 0 Å². The van der Waals surface area contributed by atoms with E-state index in [1.807, 2.05) is 30.3 Å². The lowest BCUT2D eigenvalue weighted by atomic mass is 10.3. The van der Waals surface area contributed by atoms with Crippen molar-refractivity contribution < 1.29 is 14.7 Å². The first-order valence-electron chi connectivity index (χ1n) is 6.34. The van der Waals surface area contributed by atoms with Crippen LogP contribution in [-0.4, -0.2) is 44.8 Å². The normalized spacial score (nSPS) is 10.1. The van der Waals surface area contributed by atoms with Crippen LogP contribution in [0.1, 0.15) is 10.4 Å². The summed E-state index contributed by atoms with van der Waals surface area (Å²) in [7, 11) is 0. The molecule has 0 saturated heterocycles. The van der Waals surface area contributed by atoms with Gasteiger partial charge in [0, 0.05) is 12.7 Å². The zero-order chi connectivity index (χ0) is 15.2. The van der Waals surface area contributed by atoms with Crippen LogP contribution >= 0.6 is 0 Å². The van der Waals surface area contributed by atoms with Gasteiger partial charge in [0.15, 0.2) is 0 Å². The topological polar surface area (TPSA) is 75.4 Å². The second-order valence-corrected chi connectivity index (χ2v) is 4.38. The number of hydrogen-bond acceptors (Lipinski definition) is 3. The van der Waals surface area contributed by atoms with E-state index in [2.05, 4.69) is 11.7 Å². The van der Waals surface area contributed by atoms with Gasteiger partial charge in [0.1, 0.15) is 6.54 Å². The molecule has 2 rings (SSSR count). The molecule has 0 atom stereocenters. The van der Waals surface area contributed by atoms with Gasteiger partial charge >= 0.3 is 5.97 Å². The van der Waals surface area contributed by atoms with Gasteiger partial charge in [0.05, 0.1) is 17.4 Å². The molecule has 2 aromatic rings. The number of aromatic nitrogens is 2. The predicted molar refractivity (Wildman–Crippen MR) is 77.3 cm³/mol. The number of carbonyl (C=O) groups is 2. The molecule has 0 aliphatic carbocycles. The average molecular weight is 285 g/mol. The molecule has 0 saturated carbocycles. The van der Waals surface area contributed by atoms with Crippen molar-refractivity contribution in [3.8, 4) is 5.69 Å². The van der Waals surface area contributed by atoms with E-state index in [9.17, 15) is 9.59 Å². The summed E-state index contributed by atoms with van der Waals surface area (Å²) in [5, 5.41) is 13.0. The van der Waals surface area contributed by atoms with Gasteiger partial charge in [-0.3, -0.25) is 9.59 Å². The fourth-order valence-electron chi connectivity index (χ4n) is 1.88. The number of hydrogen-bond donors (Lipinski definition) is 1. The number of carboxylic acid groups (broad SMARTS) is 1. The minimum atomic E-state index is -1.07. The van der Waals surface area contributed by atoms with E-state index < -0.39 is 5.97 Å². The molecular weight excluding hydrogens is 270 g/mol. The average Bonchev–Trinajstić information content (AvgIpc) is 2.96. The number of carboxylic acids is 1. The first-order valence-corrected chi connectivity index (χ1v) is 6.34. The van der Waals surface area contributed by atoms with Gasteiger partial charge in [-0.1, -0.05) is 24.3 Å². The smallest absolute Gasteiger partial charge is 0.323 e. The van der Waals surface area contributed by atoms with Gasteiger partial charge in [-0.15, -0.1) is 6.58 Å². The third-order valence-electron chi connectivity index (χ3n) is 2.81. The Kier molecular flexibility index (Phi) is 4.50. The molecule has 0 fully saturated rings. The minimum absolute atomic E-state index is 0.168. The Labute approximate surface area is 121 Å². The number of nitrogens with zero attached hydrogens (tertiary/aromatic N) is 3. The van der Waals surface area contributed by atoms with Gasteiger partial charge in [-0.05, 0) is 12.1 Å². The van der Waals surface area contributed by atoms with E-state index in [1.165, 1.54) is 17.2 Å². The zero-order valence-electron chi connectivity index (χ0n) is 11.3. The van der Waals surface area contributed by atoms with Gasteiger partial charge in [-0.25, -0.2) is 4.68 Å². The summed E-state index contributed by atoms with van der Waals surface area (Å²) in [4.78, 5) is 24.3. The zero-order valence-corrected chi connectivity index (χ0v) is 11.3. The lowest BCUT2D eigenvalue weighted by Crippen LogP contribution is -2.35. The minimum Gasteiger partial charge on any atom is -0.480 e. The van der Waals surface area contributed by atoms with Gasteiger partial charge < -0.3 is 10.0 Å². The highest BCUT2D eigenvalue weighted by molar-refractivity contribution is 5.95. The maximum Gasteiger partial charge on any atom is 0.323 e. The van der Waals surface area contributed by atoms with E-state index in [0.29, 0.717) is 5.56 Å². The van der Waals surface area contributed by atoms with Crippen LogP contribution in [-0.2, 0) is 4.79 Å². The molecule has 1 heterocycles. The van der Waals surface area contributed by atoms with E-state index in [4.69, 9.17) is 5.11 Å². The van der Waals surface area contributed by atoms with E-state index in [-0.39, 0.29) is 19.0 Å². The third-order valence-corrected chi connectivity index (χ3v) is 2.81. The first kappa shape index (κ1) is 14.5. The summed E-state index contributed by atoms with van der Waals surface area (Å²) in [6.45, 7) is 3.32. The van der Waals surface area contributed by atoms with Crippen molar-refractivity contribution in [1.29, 1.82) is 0 Å². The van der Waals surface area contributed by atoms with Crippen molar-refractivity contribution in [2.45, 2.75) is 0 Å². The fourth-order valence-corrected chi connectivity index (χ4v) is 1.88. The second kappa shape index (κ2) is 6.51. The van der Waals surface area contributed by atoms with Crippen LogP contribution in [0.15, 0.2) is 55.4 Å². The molecule has 108 valence electrons. The Morgan fingerprint density at radius 3 is 2.67 bits per heavy atom. The lowest BCUT2D eigenvalue weighted by Gasteiger charge is -2.17. The molecule has 6 nitrogen and oxygen atoms in total. The third kappa shape index (κ3) is 3.56. The molecule has 1 amide bonds. The van der Waals surface area contributed by atoms with Crippen molar-refractivity contribution >= 4 is 11.9 Å². The second-order valence-electron chi connectivity index (χ2n) is 4.38. The van der Waals surface area contributed by atoms with Crippen molar-refractivity contribution in [2.75, 3.05) is 13.1 Å². The van der Waals surface area contributed by atoms with Gasteiger partial charge in [0.25, 0.3) is 5.91 Å². The Balaban J connectivity index is 2.21. The number of amides is 1. The quantitative estimate of drug-likeness (QED) is 0.818. The molecule has 0 aliphatic rings. The lowest BCUT2D eigenvalue weighted by molar-refractivity contribution is -0.137. The van der Waals surface area contributed by atoms with Crippen LogP contribution in [0, 0.1) is 0 Å². The number of rotatable bonds is 6. The maximum atomic E-state index is 12.3. The Bertz CT molecular complexity index is 649. The SMILES string of the molecule is C=CCN(CC(=O)O)C(=O)c1cnn(-c2ccccc2)c1. The number of benzene rings is 1. The van der Waals surface area contributed by atoms with Crippen LogP contribution in [0.4, 0.5) is 0 Å². The summed E-state index contributed by atoms with van der Waals surface area (Å²) >= 11 is 0. The number of para-hydroxylation sites is 1. The molecule has 0 aliphatic heterocycles. The predicted octanol–water partition coefficient (Wildman–Crippen LogP) is 1.59. The fraction of sp³-hybridized carbons (Fsp3) is 0.133. The van der Waals surface area contributed by atoms with Gasteiger partial charge in [-0.2, -0.15) is 5.10 Å². The molecule has 0 unspecified atom stereocenters. The first-order chi connectivity index (χ1) is 10.1. The Morgan fingerprint density at radius 2 is 2.05 bits per heavy atom. The highest BCUT2D eigenvalue weighted by Crippen LogP contribution is 2.10. The Hall–Kier alpha value is -2.89. The molecule has 21 heavy (non-hydrogen) atoms. The Morgan fingerprint density at radius 1 is 1.33 bits per heavy atom. The van der Waals surface area contributed by atoms with Crippen LogP contribution in [0.2, 0.25) is 0 Å². The largest absolute Gasteiger partial charge is 0.480 e. The molecule has 6 heteroatoms. The van der Waals surface area contributed by atoms with E-state index in [0.717, 1.165) is 5.69 Å². The van der Waals surface area contributed by atoms with Crippen molar-refractivity contribution in [3.05, 3.63) is 60.9 Å². The molecule has 0 spiro atoms. The van der Waals surface area contributed by atoms with Gasteiger partial charge in [0.2, 0.25) is 0 Å². The molecule has 1 N–H and O–H groups in total. The molecule has 0 bridgehead atoms. The number of carbonyl (C=O) groups excluding carboxylic acids is 1. The summed E-state index contributed by atoms with van der Waals surface area (Å²) in [5.74, 6) is -1.46. The molecule has 1 aromatic carbocycles. The molecule has 0 radical (unpaired) electrons. The monoisotopic (exact) mass is 285 g/mol. The van der Waals surface area contributed by atoms with Crippen molar-refractivity contribution in [1.82, 2.24) is 14.7 Å². The molecular formula is C15H15N3O3. The van der Waals surface area contributed by atoms with E-state index >= 15 is 0 Å². The summed E-state index contributed by atoms with van der Waals surface area (Å²) < 4.78 is 1.57. The standard InChI is InChI=1S/C15H15N3O3/c1-2-8-17(11-14(19)20)15(21)12-9-16-18(10-12)13-6-4-3-5-7-13/h2-7,9-10H,1,8,11H2,(H,19,20). The van der Waals surface area contributed by atoms with Crippen LogP contribution in [0.5, 0.6) is 0 Å². The van der Waals surface area contributed by atoms with Crippen LogP contribution in [0.3, 0.4) is 0 Å². The van der Waals surface area contributed by atoms with Crippen LogP contribution < -0.4 is 0 Å². The summed E-state index contributed by atoms with van der Waals surface area (Å²) in [6, 6.07) is 9.34. The summed E-state index contributed by atoms with van der Waals surface area (Å²) in [5.41, 5.74) is 1.16.